The Bertz CT molecular complexity index is 46.1. The van der Waals surface area contributed by atoms with Crippen LogP contribution in [0.4, 0.5) is 0 Å². The van der Waals surface area contributed by atoms with E-state index in [1.54, 1.807) is 0 Å². The molecule has 0 aliphatic rings. The average Bonchev–Trinajstić information content (AvgIpc) is 1.38. The van der Waals surface area contributed by atoms with Crippen molar-refractivity contribution in [1.82, 2.24) is 0 Å². The molecule has 0 fully saturated rings. The monoisotopic (exact) mass is 143 g/mol. The Kier molecular flexibility index (Phi) is 9.01. The topological polar surface area (TPSA) is 46.2 Å². The van der Waals surface area contributed by atoms with Crippen LogP contribution >= 0.6 is 37.8 Å². The van der Waals surface area contributed by atoms with Crippen LogP contribution in [0.25, 0.3) is 0 Å². The molecule has 0 saturated carbocycles. The van der Waals surface area contributed by atoms with Gasteiger partial charge in [0, 0.05) is 0 Å². The fourth-order valence-corrected chi connectivity index (χ4v) is 0. The SMILES string of the molecule is NC(=S)SO.S. The lowest BCUT2D eigenvalue weighted by molar-refractivity contribution is 0.673. The standard InChI is InChI=1S/CH3NOS2.H2S/c2-1(4)5-3;/h3H,(H2,2,4);1H2. The van der Waals surface area contributed by atoms with Gasteiger partial charge in [-0.05, 0) is 0 Å². The van der Waals surface area contributed by atoms with Crippen molar-refractivity contribution in [3.05, 3.63) is 0 Å². The molecule has 0 unspecified atom stereocenters. The van der Waals surface area contributed by atoms with E-state index in [0.29, 0.717) is 12.0 Å². The van der Waals surface area contributed by atoms with Gasteiger partial charge in [0.15, 0.2) is 4.32 Å². The van der Waals surface area contributed by atoms with Crippen LogP contribution in [0.5, 0.6) is 0 Å². The number of hydrogen-bond acceptors (Lipinski definition) is 3. The molecule has 3 N–H and O–H groups in total. The minimum Gasteiger partial charge on any atom is -0.383 e. The molecule has 6 heavy (non-hydrogen) atoms. The minimum absolute atomic E-state index is 0. The number of nitrogens with two attached hydrogens (primary N) is 1. The highest BCUT2D eigenvalue weighted by Gasteiger charge is 1.74. The Labute approximate surface area is 52.8 Å². The average molecular weight is 143 g/mol. The summed E-state index contributed by atoms with van der Waals surface area (Å²) >= 11 is 4.58. The molecule has 0 aromatic heterocycles. The van der Waals surface area contributed by atoms with Crippen LogP contribution in [-0.2, 0) is 0 Å². The van der Waals surface area contributed by atoms with E-state index in [9.17, 15) is 0 Å². The minimum atomic E-state index is 0. The van der Waals surface area contributed by atoms with Crippen LogP contribution < -0.4 is 5.73 Å². The van der Waals surface area contributed by atoms with Crippen LogP contribution in [0, 0.1) is 0 Å². The Balaban J connectivity index is 0. The van der Waals surface area contributed by atoms with Crippen LogP contribution in [0.2, 0.25) is 0 Å². The van der Waals surface area contributed by atoms with Gasteiger partial charge < -0.3 is 10.3 Å². The van der Waals surface area contributed by atoms with Crippen molar-refractivity contribution in [3.63, 3.8) is 0 Å². The first-order chi connectivity index (χ1) is 2.27. The molecule has 0 rings (SSSR count). The third kappa shape index (κ3) is 8.82. The fraction of sp³-hybridized carbons (Fsp3) is 0. The zero-order valence-corrected chi connectivity index (χ0v) is 5.47. The van der Waals surface area contributed by atoms with E-state index in [0.717, 1.165) is 0 Å². The van der Waals surface area contributed by atoms with E-state index < -0.39 is 0 Å². The highest BCUT2D eigenvalue weighted by molar-refractivity contribution is 8.19. The fourth-order valence-electron chi connectivity index (χ4n) is 0. The van der Waals surface area contributed by atoms with Crippen molar-refractivity contribution >= 4 is 42.1 Å². The first kappa shape index (κ1) is 9.75. The summed E-state index contributed by atoms with van der Waals surface area (Å²) in [5.41, 5.74) is 4.74. The number of rotatable bonds is 0. The number of thiocarbonyl (C=S) groups is 1. The first-order valence-electron chi connectivity index (χ1n) is 0.879. The molecule has 0 aromatic rings. The highest BCUT2D eigenvalue weighted by atomic mass is 32.2. The Morgan fingerprint density at radius 1 is 1.83 bits per heavy atom. The summed E-state index contributed by atoms with van der Waals surface area (Å²) < 4.78 is 7.85. The Hall–Kier alpha value is 0.550. The molecule has 0 spiro atoms. The smallest absolute Gasteiger partial charge is 0.158 e. The second-order valence-electron chi connectivity index (χ2n) is 0.410. The summed E-state index contributed by atoms with van der Waals surface area (Å²) in [6.07, 6.45) is 0. The molecule has 0 aliphatic heterocycles. The van der Waals surface area contributed by atoms with Crippen molar-refractivity contribution in [2.75, 3.05) is 0 Å². The zero-order valence-electron chi connectivity index (χ0n) is 2.84. The van der Waals surface area contributed by atoms with Gasteiger partial charge in [0.1, 0.15) is 0 Å². The van der Waals surface area contributed by atoms with E-state index in [4.69, 9.17) is 10.3 Å². The molecule has 2 nitrogen and oxygen atoms in total. The normalized spacial score (nSPS) is 6.17. The van der Waals surface area contributed by atoms with E-state index in [-0.39, 0.29) is 17.8 Å². The Morgan fingerprint density at radius 3 is 2.00 bits per heavy atom. The van der Waals surface area contributed by atoms with E-state index >= 15 is 0 Å². The zero-order chi connectivity index (χ0) is 4.28. The predicted octanol–water partition coefficient (Wildman–Crippen LogP) is 0.549. The molecule has 0 atom stereocenters. The van der Waals surface area contributed by atoms with Crippen molar-refractivity contribution in [2.45, 2.75) is 0 Å². The lowest BCUT2D eigenvalue weighted by atomic mass is 11.5. The van der Waals surface area contributed by atoms with Gasteiger partial charge in [-0.15, -0.1) is 0 Å². The molecule has 0 bridgehead atoms. The third-order valence-corrected chi connectivity index (χ3v) is 0.494. The molecule has 0 aromatic carbocycles. The molecular formula is CH5NOS3. The quantitative estimate of drug-likeness (QED) is 0.384. The summed E-state index contributed by atoms with van der Waals surface area (Å²) in [6.45, 7) is 0. The van der Waals surface area contributed by atoms with E-state index in [1.807, 2.05) is 0 Å². The summed E-state index contributed by atoms with van der Waals surface area (Å²) in [6, 6.07) is 0. The Morgan fingerprint density at radius 2 is 2.00 bits per heavy atom. The van der Waals surface area contributed by atoms with Gasteiger partial charge in [-0.25, -0.2) is 0 Å². The molecule has 0 radical (unpaired) electrons. The third-order valence-electron chi connectivity index (χ3n) is 0.0900. The van der Waals surface area contributed by atoms with Gasteiger partial charge in [0.2, 0.25) is 0 Å². The van der Waals surface area contributed by atoms with Crippen LogP contribution in [0.15, 0.2) is 0 Å². The largest absolute Gasteiger partial charge is 0.383 e. The van der Waals surface area contributed by atoms with Gasteiger partial charge in [0.25, 0.3) is 0 Å². The van der Waals surface area contributed by atoms with Crippen molar-refractivity contribution in [2.24, 2.45) is 5.73 Å². The maximum Gasteiger partial charge on any atom is 0.158 e. The molecule has 38 valence electrons. The van der Waals surface area contributed by atoms with Crippen LogP contribution in [0.1, 0.15) is 0 Å². The van der Waals surface area contributed by atoms with Gasteiger partial charge in [-0.2, -0.15) is 13.5 Å². The summed E-state index contributed by atoms with van der Waals surface area (Å²) in [5.74, 6) is 0. The molecule has 5 heteroatoms. The van der Waals surface area contributed by atoms with E-state index in [1.165, 1.54) is 0 Å². The maximum atomic E-state index is 7.79. The molecule has 0 aliphatic carbocycles. The van der Waals surface area contributed by atoms with Crippen LogP contribution in [-0.4, -0.2) is 8.87 Å². The lowest BCUT2D eigenvalue weighted by Gasteiger charge is -1.76. The molecule has 0 saturated heterocycles. The first-order valence-corrected chi connectivity index (χ1v) is 2.06. The second-order valence-corrected chi connectivity index (χ2v) is 1.73. The van der Waals surface area contributed by atoms with Crippen LogP contribution in [0.3, 0.4) is 0 Å². The van der Waals surface area contributed by atoms with Gasteiger partial charge in [-0.1, -0.05) is 12.2 Å². The molecule has 0 amide bonds. The van der Waals surface area contributed by atoms with Crippen molar-refractivity contribution in [3.8, 4) is 0 Å². The summed E-state index contributed by atoms with van der Waals surface area (Å²) in [4.78, 5) is 0. The second kappa shape index (κ2) is 5.55. The molecular weight excluding hydrogens is 138 g/mol. The van der Waals surface area contributed by atoms with Crippen molar-refractivity contribution in [1.29, 1.82) is 0 Å². The lowest BCUT2D eigenvalue weighted by Crippen LogP contribution is -1.99. The highest BCUT2D eigenvalue weighted by Crippen LogP contribution is 1.85. The van der Waals surface area contributed by atoms with Gasteiger partial charge >= 0.3 is 0 Å². The summed E-state index contributed by atoms with van der Waals surface area (Å²) in [5, 5.41) is 0. The maximum absolute atomic E-state index is 7.79. The predicted molar refractivity (Wildman–Crippen MR) is 37.4 cm³/mol. The molecule has 0 heterocycles. The van der Waals surface area contributed by atoms with Crippen molar-refractivity contribution < 1.29 is 4.55 Å². The van der Waals surface area contributed by atoms with E-state index in [2.05, 4.69) is 12.2 Å². The van der Waals surface area contributed by atoms with Gasteiger partial charge in [-0.3, -0.25) is 0 Å². The van der Waals surface area contributed by atoms with Gasteiger partial charge in [0.05, 0.1) is 12.0 Å². The summed E-state index contributed by atoms with van der Waals surface area (Å²) in [7, 11) is 0. The number of hydrogen-bond donors (Lipinski definition) is 2.